The average Bonchev–Trinajstić information content (AvgIpc) is 2.38. The van der Waals surface area contributed by atoms with Gasteiger partial charge in [0.05, 0.1) is 19.8 Å². The first kappa shape index (κ1) is 28.6. The Morgan fingerprint density at radius 2 is 1.25 bits per heavy atom. The first-order valence-corrected chi connectivity index (χ1v) is 7.27. The van der Waals surface area contributed by atoms with Gasteiger partial charge in [-0.15, -0.1) is 0 Å². The molecule has 0 aliphatic heterocycles. The smallest absolute Gasteiger partial charge is 0.454 e. The van der Waals surface area contributed by atoms with Crippen molar-refractivity contribution in [3.63, 3.8) is 0 Å². The third-order valence-electron chi connectivity index (χ3n) is 1.54. The van der Waals surface area contributed by atoms with Crippen LogP contribution < -0.4 is 0 Å². The van der Waals surface area contributed by atoms with Gasteiger partial charge in [-0.05, 0) is 20.8 Å². The van der Waals surface area contributed by atoms with Crippen LogP contribution in [0, 0.1) is 0 Å². The summed E-state index contributed by atoms with van der Waals surface area (Å²) in [5.74, 6) is -5.34. The maximum atomic E-state index is 11.4. The molecule has 0 fully saturated rings. The van der Waals surface area contributed by atoms with Crippen molar-refractivity contribution in [1.29, 1.82) is 0 Å². The second-order valence-corrected chi connectivity index (χ2v) is 4.59. The molecular formula is C11H17AgF6O5P. The molecule has 149 valence electrons. The molecule has 5 nitrogen and oxygen atoms in total. The summed E-state index contributed by atoms with van der Waals surface area (Å²) in [6.07, 6.45) is -11.7. The summed E-state index contributed by atoms with van der Waals surface area (Å²) < 4.78 is 83.5. The molecule has 0 aromatic heterocycles. The molecule has 0 heterocycles. The number of alkyl halides is 6. The number of aliphatic hydroxyl groups is 1. The van der Waals surface area contributed by atoms with Crippen LogP contribution in [0.25, 0.3) is 0 Å². The number of hydrogen-bond acceptors (Lipinski definition) is 5. The van der Waals surface area contributed by atoms with Crippen molar-refractivity contribution in [2.45, 2.75) is 33.1 Å². The molecule has 13 heteroatoms. The molecule has 0 amide bonds. The summed E-state index contributed by atoms with van der Waals surface area (Å²) in [4.78, 5) is 9.86. The summed E-state index contributed by atoms with van der Waals surface area (Å²) in [7, 11) is -1.06. The van der Waals surface area contributed by atoms with Gasteiger partial charge in [0.2, 0.25) is 5.76 Å². The van der Waals surface area contributed by atoms with Gasteiger partial charge in [-0.2, -0.15) is 26.3 Å². The molecule has 0 aromatic rings. The van der Waals surface area contributed by atoms with Crippen molar-refractivity contribution >= 4 is 14.4 Å². The Kier molecular flexibility index (Phi) is 16.8. The molecule has 1 N–H and O–H groups in total. The summed E-state index contributed by atoms with van der Waals surface area (Å²) in [6, 6.07) is 0. The van der Waals surface area contributed by atoms with Gasteiger partial charge in [0.1, 0.15) is 0 Å². The van der Waals surface area contributed by atoms with Gasteiger partial charge in [-0.25, -0.2) is 0 Å². The Balaban J connectivity index is -0.000000364. The predicted octanol–water partition coefficient (Wildman–Crippen LogP) is 4.44. The van der Waals surface area contributed by atoms with E-state index in [0.717, 1.165) is 0 Å². The molecule has 1 radical (unpaired) electrons. The van der Waals surface area contributed by atoms with Crippen molar-refractivity contribution in [1.82, 2.24) is 0 Å². The van der Waals surface area contributed by atoms with E-state index in [1.807, 2.05) is 20.8 Å². The molecule has 0 unspecified atom stereocenters. The van der Waals surface area contributed by atoms with E-state index in [0.29, 0.717) is 19.8 Å². The largest absolute Gasteiger partial charge is 0.504 e. The quantitative estimate of drug-likeness (QED) is 0.191. The number of carbonyl (C=O) groups excluding carboxylic acids is 1. The van der Waals surface area contributed by atoms with Crippen molar-refractivity contribution in [3.05, 3.63) is 11.8 Å². The molecule has 0 aromatic carbocycles. The first-order valence-electron chi connectivity index (χ1n) is 6.17. The van der Waals surface area contributed by atoms with E-state index in [1.165, 1.54) is 0 Å². The van der Waals surface area contributed by atoms with Gasteiger partial charge in [0.15, 0.2) is 0 Å². The van der Waals surface area contributed by atoms with Crippen LogP contribution in [0.3, 0.4) is 0 Å². The summed E-state index contributed by atoms with van der Waals surface area (Å²) in [5.41, 5.74) is 0. The Hall–Kier alpha value is -0.160. The van der Waals surface area contributed by atoms with E-state index in [2.05, 4.69) is 0 Å². The zero-order valence-corrected chi connectivity index (χ0v) is 15.2. The van der Waals surface area contributed by atoms with Crippen LogP contribution in [0.4, 0.5) is 26.3 Å². The second-order valence-electron chi connectivity index (χ2n) is 3.37. The fourth-order valence-electron chi connectivity index (χ4n) is 0.716. The molecule has 0 aliphatic carbocycles. The molecule has 0 aliphatic rings. The standard InChI is InChI=1S/C6H15O3P.C5H2F6O2.Ag/c1-4-7-10(8-5-2)9-6-3;6-4(7,8)2(12)1-3(13)5(9,10)11;/h4-6H2,1-3H3;1,12H;/b;2-1-;. The Bertz CT molecular complexity index is 361. The molecule has 24 heavy (non-hydrogen) atoms. The van der Waals surface area contributed by atoms with Crippen molar-refractivity contribution in [3.8, 4) is 0 Å². The van der Waals surface area contributed by atoms with Crippen LogP contribution in [-0.4, -0.2) is 43.1 Å². The van der Waals surface area contributed by atoms with Crippen LogP contribution >= 0.6 is 8.60 Å². The minimum Gasteiger partial charge on any atom is -0.504 e. The minimum atomic E-state index is -5.42. The van der Waals surface area contributed by atoms with Crippen LogP contribution in [0.2, 0.25) is 0 Å². The van der Waals surface area contributed by atoms with E-state index < -0.39 is 38.6 Å². The number of halogens is 6. The van der Waals surface area contributed by atoms with E-state index in [9.17, 15) is 31.1 Å². The van der Waals surface area contributed by atoms with Crippen LogP contribution in [-0.2, 0) is 40.7 Å². The van der Waals surface area contributed by atoms with Gasteiger partial charge >= 0.3 is 21.0 Å². The fraction of sp³-hybridized carbons (Fsp3) is 0.727. The summed E-state index contributed by atoms with van der Waals surface area (Å²) in [5, 5.41) is 7.93. The SMILES string of the molecule is CCOP(OCC)OCC.O=C(/C=C(\O)C(F)(F)F)C(F)(F)F.[Ag]. The zero-order valence-electron chi connectivity index (χ0n) is 12.8. The maximum absolute atomic E-state index is 11.4. The summed E-state index contributed by atoms with van der Waals surface area (Å²) in [6.45, 7) is 7.71. The van der Waals surface area contributed by atoms with E-state index in [-0.39, 0.29) is 22.4 Å². The molecule has 0 rings (SSSR count). The number of rotatable bonds is 7. The molecule has 0 saturated heterocycles. The molecule has 0 atom stereocenters. The number of allylic oxidation sites excluding steroid dienone is 2. The van der Waals surface area contributed by atoms with Gasteiger partial charge in [0.25, 0.3) is 5.78 Å². The van der Waals surface area contributed by atoms with Crippen molar-refractivity contribution in [2.24, 2.45) is 0 Å². The first-order chi connectivity index (χ1) is 10.4. The monoisotopic (exact) mass is 481 g/mol. The molecule has 0 saturated carbocycles. The molecule has 0 spiro atoms. The van der Waals surface area contributed by atoms with Gasteiger partial charge in [-0.1, -0.05) is 0 Å². The normalized spacial score (nSPS) is 12.3. The second kappa shape index (κ2) is 14.1. The van der Waals surface area contributed by atoms with E-state index >= 15 is 0 Å². The van der Waals surface area contributed by atoms with Gasteiger partial charge < -0.3 is 18.7 Å². The minimum absolute atomic E-state index is 0. The number of carbonyl (C=O) groups is 1. The van der Waals surface area contributed by atoms with Gasteiger partial charge in [-0.3, -0.25) is 4.79 Å². The predicted molar refractivity (Wildman–Crippen MR) is 69.6 cm³/mol. The zero-order chi connectivity index (χ0) is 18.7. The van der Waals surface area contributed by atoms with Crippen LogP contribution in [0.5, 0.6) is 0 Å². The molecular weight excluding hydrogens is 465 g/mol. The van der Waals surface area contributed by atoms with E-state index in [1.54, 1.807) is 0 Å². The van der Waals surface area contributed by atoms with Crippen LogP contribution in [0.1, 0.15) is 20.8 Å². The average molecular weight is 482 g/mol. The molecule has 0 bridgehead atoms. The number of hydrogen-bond donors (Lipinski definition) is 1. The summed E-state index contributed by atoms with van der Waals surface area (Å²) >= 11 is 0. The van der Waals surface area contributed by atoms with E-state index in [4.69, 9.17) is 18.7 Å². The third kappa shape index (κ3) is 15.4. The number of aliphatic hydroxyl groups excluding tert-OH is 1. The Labute approximate surface area is 151 Å². The third-order valence-corrected chi connectivity index (χ3v) is 2.95. The topological polar surface area (TPSA) is 65.0 Å². The number of ketones is 1. The maximum Gasteiger partial charge on any atom is 0.454 e. The Morgan fingerprint density at radius 3 is 1.46 bits per heavy atom. The van der Waals surface area contributed by atoms with Crippen molar-refractivity contribution < 1.29 is 72.2 Å². The Morgan fingerprint density at radius 1 is 0.917 bits per heavy atom. The van der Waals surface area contributed by atoms with Crippen LogP contribution in [0.15, 0.2) is 11.8 Å². The van der Waals surface area contributed by atoms with Gasteiger partial charge in [0, 0.05) is 28.5 Å². The fourth-order valence-corrected chi connectivity index (χ4v) is 1.57. The van der Waals surface area contributed by atoms with Crippen molar-refractivity contribution in [2.75, 3.05) is 19.8 Å².